The molecule has 1 amide bonds. The molecule has 1 aliphatic carbocycles. The van der Waals surface area contributed by atoms with E-state index in [1.54, 1.807) is 24.3 Å². The lowest BCUT2D eigenvalue weighted by molar-refractivity contribution is 0.0906. The van der Waals surface area contributed by atoms with Crippen molar-refractivity contribution < 1.29 is 9.21 Å². The molecule has 5 heteroatoms. The number of para-hydroxylation sites is 1. The molecule has 1 saturated carbocycles. The van der Waals surface area contributed by atoms with E-state index < -0.39 is 11.5 Å². The van der Waals surface area contributed by atoms with Gasteiger partial charge >= 0.3 is 5.63 Å². The van der Waals surface area contributed by atoms with Crippen LogP contribution in [0.2, 0.25) is 0 Å². The van der Waals surface area contributed by atoms with Crippen LogP contribution < -0.4 is 16.7 Å². The number of fused-ring (bicyclic) bond motifs is 1. The molecule has 1 heterocycles. The lowest BCUT2D eigenvalue weighted by Crippen LogP contribution is -2.50. The van der Waals surface area contributed by atoms with Crippen molar-refractivity contribution in [2.45, 2.75) is 24.9 Å². The van der Waals surface area contributed by atoms with E-state index in [9.17, 15) is 9.59 Å². The first-order chi connectivity index (χ1) is 9.13. The second-order valence-electron chi connectivity index (χ2n) is 4.89. The molecule has 1 aliphatic rings. The Morgan fingerprint density at radius 3 is 2.79 bits per heavy atom. The molecule has 0 saturated heterocycles. The minimum absolute atomic E-state index is 0.0409. The maximum absolute atomic E-state index is 12.0. The topological polar surface area (TPSA) is 85.3 Å². The van der Waals surface area contributed by atoms with Crippen LogP contribution in [0.15, 0.2) is 39.5 Å². The molecule has 0 atom stereocenters. The highest BCUT2D eigenvalue weighted by Gasteiger charge is 2.28. The van der Waals surface area contributed by atoms with Crippen LogP contribution in [0.4, 0.5) is 0 Å². The summed E-state index contributed by atoms with van der Waals surface area (Å²) >= 11 is 0. The van der Waals surface area contributed by atoms with Gasteiger partial charge in [-0.2, -0.15) is 0 Å². The average molecular weight is 258 g/mol. The number of hydrogen-bond donors (Lipinski definition) is 2. The van der Waals surface area contributed by atoms with Crippen molar-refractivity contribution in [1.29, 1.82) is 0 Å². The van der Waals surface area contributed by atoms with Gasteiger partial charge in [-0.15, -0.1) is 0 Å². The highest BCUT2D eigenvalue weighted by Crippen LogP contribution is 2.18. The molecule has 98 valence electrons. The molecular formula is C14H14N2O3. The summed E-state index contributed by atoms with van der Waals surface area (Å²) in [6.45, 7) is 0. The first-order valence-electron chi connectivity index (χ1n) is 6.23. The van der Waals surface area contributed by atoms with Crippen molar-refractivity contribution in [3.63, 3.8) is 0 Å². The minimum Gasteiger partial charge on any atom is -0.422 e. The summed E-state index contributed by atoms with van der Waals surface area (Å²) < 4.78 is 5.13. The molecule has 19 heavy (non-hydrogen) atoms. The molecule has 1 aromatic carbocycles. The van der Waals surface area contributed by atoms with Gasteiger partial charge in [-0.1, -0.05) is 18.2 Å². The maximum Gasteiger partial charge on any atom is 0.349 e. The average Bonchev–Trinajstić information content (AvgIpc) is 2.36. The molecule has 5 nitrogen and oxygen atoms in total. The first kappa shape index (κ1) is 11.9. The summed E-state index contributed by atoms with van der Waals surface area (Å²) in [5.41, 5.74) is 5.57. The number of carbonyl (C=O) groups is 1. The van der Waals surface area contributed by atoms with Crippen LogP contribution in [-0.4, -0.2) is 18.0 Å². The van der Waals surface area contributed by atoms with Crippen LogP contribution in [0.25, 0.3) is 11.0 Å². The summed E-state index contributed by atoms with van der Waals surface area (Å²) in [6, 6.07) is 8.88. The zero-order valence-electron chi connectivity index (χ0n) is 10.3. The van der Waals surface area contributed by atoms with Gasteiger partial charge in [0.15, 0.2) is 0 Å². The summed E-state index contributed by atoms with van der Waals surface area (Å²) in [5.74, 6) is -0.392. The van der Waals surface area contributed by atoms with Crippen LogP contribution in [0.1, 0.15) is 23.2 Å². The third kappa shape index (κ3) is 2.24. The van der Waals surface area contributed by atoms with Crippen molar-refractivity contribution >= 4 is 16.9 Å². The van der Waals surface area contributed by atoms with Gasteiger partial charge in [0.1, 0.15) is 11.1 Å². The summed E-state index contributed by atoms with van der Waals surface area (Å²) in [5, 5.41) is 3.52. The van der Waals surface area contributed by atoms with Gasteiger partial charge in [-0.25, -0.2) is 4.79 Å². The Morgan fingerprint density at radius 1 is 1.32 bits per heavy atom. The Morgan fingerprint density at radius 2 is 2.05 bits per heavy atom. The number of nitrogens with one attached hydrogen (secondary N) is 1. The Bertz CT molecular complexity index is 686. The van der Waals surface area contributed by atoms with Gasteiger partial charge in [0.05, 0.1) is 0 Å². The zero-order valence-corrected chi connectivity index (χ0v) is 10.3. The highest BCUT2D eigenvalue weighted by atomic mass is 16.4. The predicted octanol–water partition coefficient (Wildman–Crippen LogP) is 1.01. The number of rotatable bonds is 2. The Hall–Kier alpha value is -2.14. The van der Waals surface area contributed by atoms with E-state index in [1.807, 2.05) is 6.07 Å². The van der Waals surface area contributed by atoms with Crippen LogP contribution in [-0.2, 0) is 0 Å². The summed E-state index contributed by atoms with van der Waals surface area (Å²) in [6.07, 6.45) is 1.51. The van der Waals surface area contributed by atoms with Crippen molar-refractivity contribution in [2.24, 2.45) is 5.73 Å². The smallest absolute Gasteiger partial charge is 0.349 e. The first-order valence-corrected chi connectivity index (χ1v) is 6.23. The normalized spacial score (nSPS) is 21.9. The molecule has 1 fully saturated rings. The number of nitrogens with two attached hydrogens (primary N) is 1. The van der Waals surface area contributed by atoms with Gasteiger partial charge in [0.25, 0.3) is 5.91 Å². The quantitative estimate of drug-likeness (QED) is 0.787. The Balaban J connectivity index is 1.89. The monoisotopic (exact) mass is 258 g/mol. The van der Waals surface area contributed by atoms with E-state index in [1.165, 1.54) is 0 Å². The molecular weight excluding hydrogens is 244 g/mol. The molecule has 0 unspecified atom stereocenters. The molecule has 0 bridgehead atoms. The lowest BCUT2D eigenvalue weighted by atomic mass is 9.87. The van der Waals surface area contributed by atoms with Gasteiger partial charge in [0.2, 0.25) is 0 Å². The second kappa shape index (κ2) is 4.51. The lowest BCUT2D eigenvalue weighted by Gasteiger charge is -2.32. The number of benzene rings is 1. The predicted molar refractivity (Wildman–Crippen MR) is 70.9 cm³/mol. The van der Waals surface area contributed by atoms with Crippen molar-refractivity contribution in [1.82, 2.24) is 5.32 Å². The third-order valence-electron chi connectivity index (χ3n) is 3.40. The fourth-order valence-electron chi connectivity index (χ4n) is 2.26. The van der Waals surface area contributed by atoms with Crippen LogP contribution in [0.5, 0.6) is 0 Å². The summed E-state index contributed by atoms with van der Waals surface area (Å²) in [7, 11) is 0. The van der Waals surface area contributed by atoms with E-state index in [-0.39, 0.29) is 17.6 Å². The standard InChI is InChI=1S/C14H14N2O3/c15-9-6-10(7-9)16-13(17)11-5-8-3-1-2-4-12(8)19-14(11)18/h1-5,9-10H,6-7,15H2,(H,16,17). The van der Waals surface area contributed by atoms with E-state index in [2.05, 4.69) is 5.32 Å². The number of amides is 1. The largest absolute Gasteiger partial charge is 0.422 e. The van der Waals surface area contributed by atoms with Crippen LogP contribution >= 0.6 is 0 Å². The fraction of sp³-hybridized carbons (Fsp3) is 0.286. The molecule has 1 aromatic heterocycles. The number of hydrogen-bond acceptors (Lipinski definition) is 4. The van der Waals surface area contributed by atoms with E-state index >= 15 is 0 Å². The second-order valence-corrected chi connectivity index (χ2v) is 4.89. The van der Waals surface area contributed by atoms with Gasteiger partial charge in [-0.05, 0) is 25.0 Å². The minimum atomic E-state index is -0.611. The Kier molecular flexibility index (Phi) is 2.83. The molecule has 3 rings (SSSR count). The van der Waals surface area contributed by atoms with Crippen molar-refractivity contribution in [3.8, 4) is 0 Å². The molecule has 0 aliphatic heterocycles. The maximum atomic E-state index is 12.0. The number of carbonyl (C=O) groups excluding carboxylic acids is 1. The van der Waals surface area contributed by atoms with Gasteiger partial charge in [-0.3, -0.25) is 4.79 Å². The highest BCUT2D eigenvalue weighted by molar-refractivity contribution is 5.96. The molecule has 2 aromatic rings. The van der Waals surface area contributed by atoms with E-state index in [4.69, 9.17) is 10.2 Å². The van der Waals surface area contributed by atoms with Crippen LogP contribution in [0, 0.1) is 0 Å². The van der Waals surface area contributed by atoms with Gasteiger partial charge in [0, 0.05) is 17.5 Å². The van der Waals surface area contributed by atoms with Crippen molar-refractivity contribution in [2.75, 3.05) is 0 Å². The Labute approximate surface area is 109 Å². The molecule has 0 spiro atoms. The van der Waals surface area contributed by atoms with Gasteiger partial charge < -0.3 is 15.5 Å². The third-order valence-corrected chi connectivity index (χ3v) is 3.40. The summed E-state index contributed by atoms with van der Waals surface area (Å²) in [4.78, 5) is 23.8. The zero-order chi connectivity index (χ0) is 13.4. The fourth-order valence-corrected chi connectivity index (χ4v) is 2.26. The van der Waals surface area contributed by atoms with E-state index in [0.717, 1.165) is 18.2 Å². The van der Waals surface area contributed by atoms with E-state index in [0.29, 0.717) is 5.58 Å². The van der Waals surface area contributed by atoms with Crippen LogP contribution in [0.3, 0.4) is 0 Å². The molecule has 0 radical (unpaired) electrons. The molecule has 3 N–H and O–H groups in total. The van der Waals surface area contributed by atoms with Crippen molar-refractivity contribution in [3.05, 3.63) is 46.3 Å². The SMILES string of the molecule is NC1CC(NC(=O)c2cc3ccccc3oc2=O)C1.